The van der Waals surface area contributed by atoms with E-state index in [1.54, 1.807) is 6.92 Å². The minimum Gasteiger partial charge on any atom is -0.480 e. The highest BCUT2D eigenvalue weighted by Crippen LogP contribution is 2.11. The Morgan fingerprint density at radius 1 is 1.56 bits per heavy atom. The van der Waals surface area contributed by atoms with Crippen molar-refractivity contribution in [1.82, 2.24) is 5.32 Å². The first-order valence-electron chi connectivity index (χ1n) is 5.03. The average molecular weight is 241 g/mol. The average Bonchev–Trinajstić information content (AvgIpc) is 2.69. The molecule has 1 rings (SSSR count). The Balaban J connectivity index is 2.60. The molecule has 0 aromatic carbocycles. The molecule has 0 saturated carbocycles. The van der Waals surface area contributed by atoms with E-state index in [-0.39, 0.29) is 12.3 Å². The first-order valence-corrected chi connectivity index (χ1v) is 5.97. The molecule has 0 radical (unpaired) electrons. The SMILES string of the molecule is CCC(C)(NC(=O)Cc1ccsc1)C(=O)O. The molecule has 0 fully saturated rings. The number of nitrogens with one attached hydrogen (secondary N) is 1. The molecular weight excluding hydrogens is 226 g/mol. The van der Waals surface area contributed by atoms with Crippen molar-refractivity contribution in [3.63, 3.8) is 0 Å². The smallest absolute Gasteiger partial charge is 0.329 e. The van der Waals surface area contributed by atoms with Crippen molar-refractivity contribution in [2.45, 2.75) is 32.2 Å². The molecule has 0 bridgehead atoms. The summed E-state index contributed by atoms with van der Waals surface area (Å²) in [6.07, 6.45) is 0.587. The van der Waals surface area contributed by atoms with Crippen LogP contribution in [0.3, 0.4) is 0 Å². The van der Waals surface area contributed by atoms with Crippen LogP contribution in [0.2, 0.25) is 0 Å². The molecule has 0 saturated heterocycles. The monoisotopic (exact) mass is 241 g/mol. The lowest BCUT2D eigenvalue weighted by molar-refractivity contribution is -0.146. The Morgan fingerprint density at radius 3 is 2.69 bits per heavy atom. The standard InChI is InChI=1S/C11H15NO3S/c1-3-11(2,10(14)15)12-9(13)6-8-4-5-16-7-8/h4-5,7H,3,6H2,1-2H3,(H,12,13)(H,14,15). The van der Waals surface area contributed by atoms with Gasteiger partial charge in [0, 0.05) is 0 Å². The van der Waals surface area contributed by atoms with Gasteiger partial charge in [-0.15, -0.1) is 0 Å². The number of aliphatic carboxylic acids is 1. The minimum absolute atomic E-state index is 0.229. The summed E-state index contributed by atoms with van der Waals surface area (Å²) < 4.78 is 0. The van der Waals surface area contributed by atoms with Gasteiger partial charge in [0.05, 0.1) is 6.42 Å². The van der Waals surface area contributed by atoms with Crippen LogP contribution in [0.25, 0.3) is 0 Å². The highest BCUT2D eigenvalue weighted by atomic mass is 32.1. The third-order valence-corrected chi connectivity index (χ3v) is 3.27. The third-order valence-electron chi connectivity index (χ3n) is 2.54. The zero-order chi connectivity index (χ0) is 12.2. The predicted octanol–water partition coefficient (Wildman–Crippen LogP) is 1.66. The number of hydrogen-bond donors (Lipinski definition) is 2. The van der Waals surface area contributed by atoms with Gasteiger partial charge in [-0.3, -0.25) is 4.79 Å². The van der Waals surface area contributed by atoms with Gasteiger partial charge in [-0.2, -0.15) is 11.3 Å². The second-order valence-corrected chi connectivity index (χ2v) is 4.63. The zero-order valence-corrected chi connectivity index (χ0v) is 10.1. The Labute approximate surface area is 98.3 Å². The van der Waals surface area contributed by atoms with Crippen molar-refractivity contribution >= 4 is 23.2 Å². The topological polar surface area (TPSA) is 66.4 Å². The van der Waals surface area contributed by atoms with E-state index in [0.717, 1.165) is 5.56 Å². The van der Waals surface area contributed by atoms with E-state index in [1.165, 1.54) is 18.3 Å². The van der Waals surface area contributed by atoms with Gasteiger partial charge < -0.3 is 10.4 Å². The van der Waals surface area contributed by atoms with Gasteiger partial charge in [-0.05, 0) is 35.7 Å². The fourth-order valence-corrected chi connectivity index (χ4v) is 1.89. The molecular formula is C11H15NO3S. The molecule has 1 heterocycles. The van der Waals surface area contributed by atoms with Crippen LogP contribution >= 0.6 is 11.3 Å². The lowest BCUT2D eigenvalue weighted by Crippen LogP contribution is -2.52. The van der Waals surface area contributed by atoms with Crippen LogP contribution in [0.5, 0.6) is 0 Å². The molecule has 0 aliphatic rings. The maximum atomic E-state index is 11.6. The van der Waals surface area contributed by atoms with E-state index in [0.29, 0.717) is 6.42 Å². The maximum absolute atomic E-state index is 11.6. The normalized spacial score (nSPS) is 14.1. The maximum Gasteiger partial charge on any atom is 0.329 e. The summed E-state index contributed by atoms with van der Waals surface area (Å²) in [5, 5.41) is 15.3. The lowest BCUT2D eigenvalue weighted by atomic mass is 9.99. The van der Waals surface area contributed by atoms with Crippen molar-refractivity contribution in [2.24, 2.45) is 0 Å². The van der Waals surface area contributed by atoms with Crippen molar-refractivity contribution < 1.29 is 14.7 Å². The Morgan fingerprint density at radius 2 is 2.25 bits per heavy atom. The second-order valence-electron chi connectivity index (χ2n) is 3.85. The van der Waals surface area contributed by atoms with Gasteiger partial charge >= 0.3 is 5.97 Å². The largest absolute Gasteiger partial charge is 0.480 e. The van der Waals surface area contributed by atoms with E-state index in [9.17, 15) is 9.59 Å². The van der Waals surface area contributed by atoms with Crippen LogP contribution in [0.1, 0.15) is 25.8 Å². The summed E-state index contributed by atoms with van der Waals surface area (Å²) in [6, 6.07) is 1.86. The molecule has 1 aromatic rings. The molecule has 5 heteroatoms. The number of rotatable bonds is 5. The summed E-state index contributed by atoms with van der Waals surface area (Å²) in [7, 11) is 0. The van der Waals surface area contributed by atoms with E-state index < -0.39 is 11.5 Å². The molecule has 1 atom stereocenters. The number of carboxylic acids is 1. The third kappa shape index (κ3) is 3.06. The van der Waals surface area contributed by atoms with Crippen molar-refractivity contribution in [3.8, 4) is 0 Å². The minimum atomic E-state index is -1.17. The van der Waals surface area contributed by atoms with Crippen LogP contribution < -0.4 is 5.32 Å². The zero-order valence-electron chi connectivity index (χ0n) is 9.32. The fraction of sp³-hybridized carbons (Fsp3) is 0.455. The summed E-state index contributed by atoms with van der Waals surface area (Å²) in [5.41, 5.74) is -0.265. The Kier molecular flexibility index (Phi) is 4.06. The molecule has 1 amide bonds. The van der Waals surface area contributed by atoms with E-state index >= 15 is 0 Å². The highest BCUT2D eigenvalue weighted by Gasteiger charge is 2.32. The molecule has 0 aliphatic carbocycles. The van der Waals surface area contributed by atoms with Crippen LogP contribution in [0, 0.1) is 0 Å². The van der Waals surface area contributed by atoms with E-state index in [2.05, 4.69) is 5.32 Å². The molecule has 16 heavy (non-hydrogen) atoms. The van der Waals surface area contributed by atoms with Gasteiger partial charge in [0.15, 0.2) is 0 Å². The number of thiophene rings is 1. The van der Waals surface area contributed by atoms with Crippen molar-refractivity contribution in [3.05, 3.63) is 22.4 Å². The number of carbonyl (C=O) groups excluding carboxylic acids is 1. The van der Waals surface area contributed by atoms with Gasteiger partial charge in [0.1, 0.15) is 5.54 Å². The molecule has 2 N–H and O–H groups in total. The van der Waals surface area contributed by atoms with Gasteiger partial charge in [-0.1, -0.05) is 6.92 Å². The summed E-state index contributed by atoms with van der Waals surface area (Å²) in [4.78, 5) is 22.6. The first kappa shape index (κ1) is 12.7. The van der Waals surface area contributed by atoms with Crippen LogP contribution in [0.15, 0.2) is 16.8 Å². The Bertz CT molecular complexity index is 375. The first-order chi connectivity index (χ1) is 7.48. The molecule has 4 nitrogen and oxygen atoms in total. The van der Waals surface area contributed by atoms with Crippen molar-refractivity contribution in [1.29, 1.82) is 0 Å². The Hall–Kier alpha value is -1.36. The molecule has 0 spiro atoms. The van der Waals surface area contributed by atoms with Gasteiger partial charge in [0.2, 0.25) is 5.91 Å². The lowest BCUT2D eigenvalue weighted by Gasteiger charge is -2.24. The second kappa shape index (κ2) is 5.12. The molecule has 88 valence electrons. The number of carbonyl (C=O) groups is 2. The summed E-state index contributed by atoms with van der Waals surface area (Å²) >= 11 is 1.52. The predicted molar refractivity (Wildman–Crippen MR) is 62.5 cm³/mol. The molecule has 1 aromatic heterocycles. The fourth-order valence-electron chi connectivity index (χ4n) is 1.22. The van der Waals surface area contributed by atoms with Crippen LogP contribution in [0.4, 0.5) is 0 Å². The van der Waals surface area contributed by atoms with Crippen LogP contribution in [-0.4, -0.2) is 22.5 Å². The number of carboxylic acid groups (broad SMARTS) is 1. The van der Waals surface area contributed by atoms with E-state index in [1.807, 2.05) is 16.8 Å². The quantitative estimate of drug-likeness (QED) is 0.824. The van der Waals surface area contributed by atoms with Crippen molar-refractivity contribution in [2.75, 3.05) is 0 Å². The van der Waals surface area contributed by atoms with E-state index in [4.69, 9.17) is 5.11 Å². The molecule has 1 unspecified atom stereocenters. The number of amides is 1. The highest BCUT2D eigenvalue weighted by molar-refractivity contribution is 7.07. The summed E-state index contributed by atoms with van der Waals surface area (Å²) in [5.74, 6) is -1.26. The van der Waals surface area contributed by atoms with Crippen LogP contribution in [-0.2, 0) is 16.0 Å². The summed E-state index contributed by atoms with van der Waals surface area (Å²) in [6.45, 7) is 3.25. The van der Waals surface area contributed by atoms with Gasteiger partial charge in [0.25, 0.3) is 0 Å². The number of hydrogen-bond acceptors (Lipinski definition) is 3. The molecule has 0 aliphatic heterocycles. The van der Waals surface area contributed by atoms with Gasteiger partial charge in [-0.25, -0.2) is 4.79 Å².